The number of carboxylic acid groups (broad SMARTS) is 1. The average Bonchev–Trinajstić information content (AvgIpc) is 2.99. The average molecular weight is 201 g/mol. The fourth-order valence-electron chi connectivity index (χ4n) is 1.09. The van der Waals surface area contributed by atoms with Gasteiger partial charge in [0.05, 0.1) is 5.56 Å². The van der Waals surface area contributed by atoms with Crippen molar-refractivity contribution >= 4 is 30.8 Å². The van der Waals surface area contributed by atoms with Crippen LogP contribution in [0.15, 0.2) is 12.4 Å². The van der Waals surface area contributed by atoms with E-state index in [-0.39, 0.29) is 24.4 Å². The van der Waals surface area contributed by atoms with Gasteiger partial charge in [0, 0.05) is 18.9 Å². The molecule has 1 aromatic rings. The minimum absolute atomic E-state index is 0. The van der Waals surface area contributed by atoms with Gasteiger partial charge in [-0.2, -0.15) is 0 Å². The van der Waals surface area contributed by atoms with Crippen LogP contribution in [0.2, 0.25) is 0 Å². The van der Waals surface area contributed by atoms with Gasteiger partial charge >= 0.3 is 24.8 Å². The van der Waals surface area contributed by atoms with E-state index in [0.717, 1.165) is 12.5 Å². The number of aromatic carboxylic acids is 1. The van der Waals surface area contributed by atoms with Crippen molar-refractivity contribution in [3.05, 3.63) is 18.0 Å². The van der Waals surface area contributed by atoms with E-state index in [2.05, 4.69) is 15.3 Å². The Kier molecular flexibility index (Phi) is 4.12. The number of rotatable bonds is 4. The number of nitrogens with zero attached hydrogens (tertiary/aromatic N) is 2. The van der Waals surface area contributed by atoms with Crippen LogP contribution in [0, 0.1) is 5.92 Å². The molecule has 15 heavy (non-hydrogen) atoms. The third-order valence-corrected chi connectivity index (χ3v) is 2.14. The molecule has 6 heteroatoms. The molecule has 5 nitrogen and oxygen atoms in total. The molecule has 0 unspecified atom stereocenters. The molecule has 0 radical (unpaired) electrons. The van der Waals surface area contributed by atoms with E-state index in [1.165, 1.54) is 25.2 Å². The van der Waals surface area contributed by atoms with E-state index in [1.807, 2.05) is 0 Å². The predicted molar refractivity (Wildman–Crippen MR) is 57.4 cm³/mol. The molecular formula is C9H12LiN3O2. The second-order valence-electron chi connectivity index (χ2n) is 3.42. The SMILES string of the molecule is O=C(O)c1cnc(NCC2CC2)nc1.[LiH]. The zero-order valence-electron chi connectivity index (χ0n) is 7.60. The van der Waals surface area contributed by atoms with Gasteiger partial charge in [-0.05, 0) is 18.8 Å². The number of hydrogen-bond donors (Lipinski definition) is 2. The Morgan fingerprint density at radius 1 is 1.47 bits per heavy atom. The van der Waals surface area contributed by atoms with Gasteiger partial charge in [0.25, 0.3) is 0 Å². The first-order valence-corrected chi connectivity index (χ1v) is 4.55. The molecule has 2 N–H and O–H groups in total. The molecule has 1 aliphatic rings. The normalized spacial score (nSPS) is 14.1. The van der Waals surface area contributed by atoms with E-state index >= 15 is 0 Å². The summed E-state index contributed by atoms with van der Waals surface area (Å²) in [7, 11) is 0. The van der Waals surface area contributed by atoms with Crippen molar-refractivity contribution in [2.75, 3.05) is 11.9 Å². The minimum atomic E-state index is -1.00. The number of carboxylic acids is 1. The van der Waals surface area contributed by atoms with Gasteiger partial charge in [0.15, 0.2) is 0 Å². The maximum absolute atomic E-state index is 10.5. The molecule has 2 rings (SSSR count). The van der Waals surface area contributed by atoms with Gasteiger partial charge in [-0.1, -0.05) is 0 Å². The van der Waals surface area contributed by atoms with Gasteiger partial charge in [-0.3, -0.25) is 0 Å². The molecule has 1 aliphatic carbocycles. The van der Waals surface area contributed by atoms with Crippen LogP contribution < -0.4 is 5.32 Å². The van der Waals surface area contributed by atoms with Crippen LogP contribution in [0.5, 0.6) is 0 Å². The topological polar surface area (TPSA) is 75.1 Å². The summed E-state index contributed by atoms with van der Waals surface area (Å²) in [6, 6.07) is 0. The summed E-state index contributed by atoms with van der Waals surface area (Å²) in [6.07, 6.45) is 5.15. The van der Waals surface area contributed by atoms with Gasteiger partial charge < -0.3 is 10.4 Å². The first-order valence-electron chi connectivity index (χ1n) is 4.55. The molecule has 1 heterocycles. The monoisotopic (exact) mass is 201 g/mol. The van der Waals surface area contributed by atoms with Crippen LogP contribution in [-0.4, -0.2) is 46.4 Å². The van der Waals surface area contributed by atoms with Crippen LogP contribution >= 0.6 is 0 Å². The van der Waals surface area contributed by atoms with Crippen LogP contribution in [0.25, 0.3) is 0 Å². The fourth-order valence-corrected chi connectivity index (χ4v) is 1.09. The summed E-state index contributed by atoms with van der Waals surface area (Å²) in [5.41, 5.74) is 0.113. The molecule has 0 amide bonds. The summed E-state index contributed by atoms with van der Waals surface area (Å²) >= 11 is 0. The Labute approximate surface area is 99.5 Å². The van der Waals surface area contributed by atoms with Gasteiger partial charge in [-0.25, -0.2) is 14.8 Å². The first kappa shape index (κ1) is 12.0. The summed E-state index contributed by atoms with van der Waals surface area (Å²) in [5, 5.41) is 11.7. The van der Waals surface area contributed by atoms with Crippen molar-refractivity contribution in [2.45, 2.75) is 12.8 Å². The summed E-state index contributed by atoms with van der Waals surface area (Å²) in [4.78, 5) is 18.3. The Hall–Kier alpha value is -1.05. The van der Waals surface area contributed by atoms with Crippen molar-refractivity contribution in [2.24, 2.45) is 5.92 Å². The van der Waals surface area contributed by atoms with E-state index in [9.17, 15) is 4.79 Å². The maximum atomic E-state index is 10.5. The molecule has 1 aromatic heterocycles. The van der Waals surface area contributed by atoms with Gasteiger partial charge in [0.2, 0.25) is 5.95 Å². The Bertz CT molecular complexity index is 338. The van der Waals surface area contributed by atoms with Crippen LogP contribution in [0.4, 0.5) is 5.95 Å². The first-order chi connectivity index (χ1) is 6.75. The zero-order chi connectivity index (χ0) is 9.97. The van der Waals surface area contributed by atoms with Gasteiger partial charge in [-0.15, -0.1) is 0 Å². The summed E-state index contributed by atoms with van der Waals surface area (Å²) < 4.78 is 0. The third kappa shape index (κ3) is 3.54. The molecule has 0 aromatic carbocycles. The standard InChI is InChI=1S/C9H11N3O2.Li.H/c13-8(14)7-4-11-9(12-5-7)10-3-6-1-2-6;;/h4-6H,1-3H2,(H,13,14)(H,10,11,12);;. The second-order valence-corrected chi connectivity index (χ2v) is 3.42. The Morgan fingerprint density at radius 3 is 2.53 bits per heavy atom. The van der Waals surface area contributed by atoms with Crippen molar-refractivity contribution in [3.63, 3.8) is 0 Å². The van der Waals surface area contributed by atoms with Crippen molar-refractivity contribution in [1.82, 2.24) is 9.97 Å². The fraction of sp³-hybridized carbons (Fsp3) is 0.444. The molecule has 1 fully saturated rings. The number of aromatic nitrogens is 2. The van der Waals surface area contributed by atoms with E-state index in [4.69, 9.17) is 5.11 Å². The third-order valence-electron chi connectivity index (χ3n) is 2.14. The summed E-state index contributed by atoms with van der Waals surface area (Å²) in [6.45, 7) is 0.881. The van der Waals surface area contributed by atoms with E-state index in [1.54, 1.807) is 0 Å². The van der Waals surface area contributed by atoms with Crippen LogP contribution in [-0.2, 0) is 0 Å². The van der Waals surface area contributed by atoms with Crippen molar-refractivity contribution in [1.29, 1.82) is 0 Å². The Balaban J connectivity index is 0.00000112. The van der Waals surface area contributed by atoms with Crippen LogP contribution in [0.3, 0.4) is 0 Å². The second kappa shape index (κ2) is 5.15. The van der Waals surface area contributed by atoms with Gasteiger partial charge in [0.1, 0.15) is 0 Å². The molecule has 1 saturated carbocycles. The number of anilines is 1. The molecule has 0 atom stereocenters. The number of carbonyl (C=O) groups is 1. The molecular weight excluding hydrogens is 189 g/mol. The molecule has 0 aliphatic heterocycles. The Morgan fingerprint density at radius 2 is 2.07 bits per heavy atom. The van der Waals surface area contributed by atoms with E-state index in [0.29, 0.717) is 5.95 Å². The number of nitrogens with one attached hydrogen (secondary N) is 1. The molecule has 0 saturated heterocycles. The summed E-state index contributed by atoms with van der Waals surface area (Å²) in [5.74, 6) is 0.249. The quantitative estimate of drug-likeness (QED) is 0.687. The predicted octanol–water partition coefficient (Wildman–Crippen LogP) is 0.348. The van der Waals surface area contributed by atoms with Crippen molar-refractivity contribution < 1.29 is 9.90 Å². The van der Waals surface area contributed by atoms with Crippen molar-refractivity contribution in [3.8, 4) is 0 Å². The number of hydrogen-bond acceptors (Lipinski definition) is 4. The zero-order valence-corrected chi connectivity index (χ0v) is 7.60. The molecule has 0 spiro atoms. The molecule has 0 bridgehead atoms. The van der Waals surface area contributed by atoms with Crippen LogP contribution in [0.1, 0.15) is 23.2 Å². The molecule has 76 valence electrons. The van der Waals surface area contributed by atoms with E-state index < -0.39 is 5.97 Å².